The van der Waals surface area contributed by atoms with E-state index in [1.165, 1.54) is 11.3 Å². The normalized spacial score (nSPS) is 15.8. The highest BCUT2D eigenvalue weighted by Gasteiger charge is 2.35. The van der Waals surface area contributed by atoms with Gasteiger partial charge in [0.25, 0.3) is 5.91 Å². The van der Waals surface area contributed by atoms with E-state index in [1.54, 1.807) is 51.0 Å². The molecule has 7 N–H and O–H groups in total. The maximum absolute atomic E-state index is 13.7. The van der Waals surface area contributed by atoms with Gasteiger partial charge in [-0.2, -0.15) is 0 Å². The minimum atomic E-state index is -1.72. The predicted octanol–water partition coefficient (Wildman–Crippen LogP) is 4.56. The Balaban J connectivity index is 1.24. The lowest BCUT2D eigenvalue weighted by Crippen LogP contribution is -2.58. The fraction of sp³-hybridized carbons (Fsp3) is 0.585. The number of hydrogen-bond acceptors (Lipinski definition) is 13. The van der Waals surface area contributed by atoms with Crippen molar-refractivity contribution >= 4 is 86.5 Å². The van der Waals surface area contributed by atoms with Gasteiger partial charge in [0.15, 0.2) is 0 Å². The largest absolute Gasteiger partial charge is 0.481 e. The van der Waals surface area contributed by atoms with Crippen molar-refractivity contribution in [1.29, 1.82) is 0 Å². The Labute approximate surface area is 442 Å². The molecule has 0 spiro atoms. The molecule has 2 aromatic heterocycles. The van der Waals surface area contributed by atoms with Gasteiger partial charge in [-0.1, -0.05) is 25.0 Å². The SMILES string of the molecule is CCN(C(=O)Cn1c(C(=O)NC2CCC(C(=O)NCCCCCCNC(=O)[C@H](CC(=O)OC(C)(C)C)NC(=O)[C@H](CC(=O)OC(C)(C)C)NC(=O)[C@H](CC(=O)O)NC(C)=O)CC2)cc2sccc21)c1cccc(C)c1. The van der Waals surface area contributed by atoms with E-state index in [-0.39, 0.29) is 42.8 Å². The number of carboxylic acids is 1. The van der Waals surface area contributed by atoms with E-state index >= 15 is 0 Å². The van der Waals surface area contributed by atoms with Crippen LogP contribution in [0.5, 0.6) is 0 Å². The number of ether oxygens (including phenoxy) is 2. The van der Waals surface area contributed by atoms with Crippen LogP contribution in [0.15, 0.2) is 41.8 Å². The number of aryl methyl sites for hydroxylation is 1. The summed E-state index contributed by atoms with van der Waals surface area (Å²) in [4.78, 5) is 132. The van der Waals surface area contributed by atoms with E-state index in [0.29, 0.717) is 70.2 Å². The summed E-state index contributed by atoms with van der Waals surface area (Å²) in [6, 6.07) is 6.53. The number of anilines is 1. The maximum Gasteiger partial charge on any atom is 0.308 e. The third kappa shape index (κ3) is 20.4. The highest BCUT2D eigenvalue weighted by molar-refractivity contribution is 7.17. The lowest BCUT2D eigenvalue weighted by molar-refractivity contribution is -0.158. The van der Waals surface area contributed by atoms with Crippen LogP contribution >= 0.6 is 11.3 Å². The number of rotatable bonds is 26. The minimum Gasteiger partial charge on any atom is -0.481 e. The summed E-state index contributed by atoms with van der Waals surface area (Å²) in [5, 5.41) is 27.1. The molecule has 22 heteroatoms. The highest BCUT2D eigenvalue weighted by Crippen LogP contribution is 2.28. The van der Waals surface area contributed by atoms with Gasteiger partial charge in [-0.05, 0) is 129 Å². The number of hydrogen-bond donors (Lipinski definition) is 7. The molecule has 7 amide bonds. The zero-order valence-electron chi connectivity index (χ0n) is 44.7. The number of fused-ring (bicyclic) bond motifs is 1. The summed E-state index contributed by atoms with van der Waals surface area (Å²) in [6.45, 7) is 15.7. The molecule has 2 heterocycles. The molecule has 3 atom stereocenters. The molecule has 0 radical (unpaired) electrons. The molecule has 0 unspecified atom stereocenters. The number of esters is 2. The van der Waals surface area contributed by atoms with Crippen LogP contribution in [0.3, 0.4) is 0 Å². The number of likely N-dealkylation sites (N-methyl/N-ethyl adjacent to an activating group) is 1. The highest BCUT2D eigenvalue weighted by atomic mass is 32.1. The molecule has 1 fully saturated rings. The van der Waals surface area contributed by atoms with E-state index in [9.17, 15) is 53.1 Å². The van der Waals surface area contributed by atoms with Crippen molar-refractivity contribution in [3.8, 4) is 0 Å². The monoisotopic (exact) mass is 1060 g/mol. The average Bonchev–Trinajstić information content (AvgIpc) is 3.90. The molecule has 1 aliphatic rings. The van der Waals surface area contributed by atoms with E-state index in [0.717, 1.165) is 28.4 Å². The topological polar surface area (TPSA) is 290 Å². The first-order valence-electron chi connectivity index (χ1n) is 25.6. The summed E-state index contributed by atoms with van der Waals surface area (Å²) >= 11 is 1.51. The van der Waals surface area contributed by atoms with Gasteiger partial charge in [0.1, 0.15) is 41.6 Å². The Kier molecular flexibility index (Phi) is 22.8. The van der Waals surface area contributed by atoms with E-state index in [4.69, 9.17) is 9.47 Å². The molecule has 1 aromatic carbocycles. The zero-order valence-corrected chi connectivity index (χ0v) is 45.5. The number of nitrogens with one attached hydrogen (secondary N) is 6. The van der Waals surface area contributed by atoms with Gasteiger partial charge in [0.05, 0.1) is 29.5 Å². The Morgan fingerprint density at radius 3 is 1.83 bits per heavy atom. The molecule has 3 aromatic rings. The Bertz CT molecular complexity index is 2500. The molecule has 1 saturated carbocycles. The van der Waals surface area contributed by atoms with Crippen molar-refractivity contribution in [3.63, 3.8) is 0 Å². The number of carboxylic acid groups (broad SMARTS) is 1. The molecule has 1 aliphatic carbocycles. The van der Waals surface area contributed by atoms with Gasteiger partial charge in [0, 0.05) is 44.2 Å². The molecule has 21 nitrogen and oxygen atoms in total. The standard InChI is InChI=1S/C53H76N8O13S/c1-10-60(36-17-15-16-32(2)26-36)43(63)31-61-40-22-25-75-42(40)30-41(61)51(72)57-35-20-18-34(19-21-35)47(68)54-23-13-11-12-14-24-55-48(69)38(28-45(66)73-52(4,5)6)58-50(71)39(29-46(67)74-53(7,8)9)59-49(70)37(27-44(64)65)56-33(3)62/h15-17,22,25-26,30,34-35,37-39H,10-14,18-21,23-24,27-29,31H2,1-9H3,(H,54,68)(H,55,69)(H,56,62)(H,57,72)(H,58,71)(H,59,70)(H,64,65)/t34?,35?,37-,38-,39-/m0/s1. The van der Waals surface area contributed by atoms with E-state index < -0.39 is 90.1 Å². The molecule has 0 bridgehead atoms. The first-order chi connectivity index (χ1) is 35.2. The quantitative estimate of drug-likeness (QED) is 0.0429. The van der Waals surface area contributed by atoms with Crippen LogP contribution in [0.2, 0.25) is 0 Å². The van der Waals surface area contributed by atoms with Crippen LogP contribution in [0, 0.1) is 12.8 Å². The number of carbonyl (C=O) groups excluding carboxylic acids is 9. The fourth-order valence-electron chi connectivity index (χ4n) is 8.60. The molecule has 412 valence electrons. The van der Waals surface area contributed by atoms with Gasteiger partial charge in [-0.3, -0.25) is 47.9 Å². The van der Waals surface area contributed by atoms with Crippen molar-refractivity contribution in [1.82, 2.24) is 36.5 Å². The van der Waals surface area contributed by atoms with Gasteiger partial charge >= 0.3 is 17.9 Å². The molecule has 75 heavy (non-hydrogen) atoms. The minimum absolute atomic E-state index is 0.00521. The van der Waals surface area contributed by atoms with Gasteiger partial charge in [-0.15, -0.1) is 11.3 Å². The number of thiophene rings is 1. The lowest BCUT2D eigenvalue weighted by Gasteiger charge is -2.28. The van der Waals surface area contributed by atoms with E-state index in [1.807, 2.05) is 55.6 Å². The molecule has 0 saturated heterocycles. The number of unbranched alkanes of at least 4 members (excludes halogenated alkanes) is 3. The van der Waals surface area contributed by atoms with Gasteiger partial charge < -0.3 is 55.9 Å². The second kappa shape index (κ2) is 28.2. The van der Waals surface area contributed by atoms with Crippen molar-refractivity contribution < 1.29 is 62.5 Å². The molecular weight excluding hydrogens is 989 g/mol. The van der Waals surface area contributed by atoms with Crippen LogP contribution in [0.4, 0.5) is 5.69 Å². The number of aliphatic carboxylic acids is 1. The lowest BCUT2D eigenvalue weighted by atomic mass is 9.85. The number of benzene rings is 1. The van der Waals surface area contributed by atoms with Crippen molar-refractivity contribution in [2.24, 2.45) is 5.92 Å². The second-order valence-corrected chi connectivity index (χ2v) is 21.8. The summed E-state index contributed by atoms with van der Waals surface area (Å²) in [6.07, 6.45) is 2.83. The second-order valence-electron chi connectivity index (χ2n) is 20.8. The van der Waals surface area contributed by atoms with Crippen LogP contribution in [-0.4, -0.2) is 124 Å². The van der Waals surface area contributed by atoms with Crippen LogP contribution in [0.1, 0.15) is 142 Å². The van der Waals surface area contributed by atoms with Gasteiger partial charge in [-0.25, -0.2) is 0 Å². The van der Waals surface area contributed by atoms with Gasteiger partial charge in [0.2, 0.25) is 35.4 Å². The predicted molar refractivity (Wildman–Crippen MR) is 281 cm³/mol. The van der Waals surface area contributed by atoms with Crippen LogP contribution in [0.25, 0.3) is 10.2 Å². The zero-order chi connectivity index (χ0) is 55.6. The number of nitrogens with zero attached hydrogens (tertiary/aromatic N) is 2. The maximum atomic E-state index is 13.7. The van der Waals surface area contributed by atoms with E-state index in [2.05, 4.69) is 31.9 Å². The third-order valence-corrected chi connectivity index (χ3v) is 12.9. The Morgan fingerprint density at radius 1 is 0.733 bits per heavy atom. The first kappa shape index (κ1) is 60.7. The summed E-state index contributed by atoms with van der Waals surface area (Å²) in [5.74, 6) is -7.44. The Hall–Kier alpha value is -6.84. The smallest absolute Gasteiger partial charge is 0.308 e. The summed E-state index contributed by atoms with van der Waals surface area (Å²) < 4.78 is 13.4. The average molecular weight is 1070 g/mol. The van der Waals surface area contributed by atoms with Crippen molar-refractivity contribution in [2.45, 2.75) is 175 Å². The van der Waals surface area contributed by atoms with Crippen molar-refractivity contribution in [2.75, 3.05) is 24.5 Å². The number of carbonyl (C=O) groups is 10. The molecule has 0 aliphatic heterocycles. The van der Waals surface area contributed by atoms with Crippen LogP contribution < -0.4 is 36.8 Å². The fourth-order valence-corrected chi connectivity index (χ4v) is 9.42. The molecular formula is C53H76N8O13S. The van der Waals surface area contributed by atoms with Crippen LogP contribution in [-0.2, 0) is 59.2 Å². The molecule has 4 rings (SSSR count). The third-order valence-electron chi connectivity index (χ3n) is 12.0. The summed E-state index contributed by atoms with van der Waals surface area (Å²) in [5.41, 5.74) is 1.17. The summed E-state index contributed by atoms with van der Waals surface area (Å²) in [7, 11) is 0. The first-order valence-corrected chi connectivity index (χ1v) is 26.4. The van der Waals surface area contributed by atoms with Crippen molar-refractivity contribution in [3.05, 3.63) is 53.0 Å². The number of aromatic nitrogens is 1. The Morgan fingerprint density at radius 2 is 1.29 bits per heavy atom. The number of amides is 7.